The molecule has 0 radical (unpaired) electrons. The third-order valence-corrected chi connectivity index (χ3v) is 5.46. The quantitative estimate of drug-likeness (QED) is 0.491. The van der Waals surface area contributed by atoms with Crippen LogP contribution in [0.4, 0.5) is 0 Å². The zero-order valence-corrected chi connectivity index (χ0v) is 18.1. The molecule has 2 aromatic carbocycles. The molecule has 3 aromatic rings. The van der Waals surface area contributed by atoms with E-state index in [0.717, 1.165) is 58.1 Å². The number of amides is 1. The Morgan fingerprint density at radius 3 is 2.66 bits per heavy atom. The SMILES string of the molecule is CCCC(=O)NCc1nc2ccccc2n1CCCOc1cc(C)c(Cl)c(C)c1. The maximum absolute atomic E-state index is 11.9. The van der Waals surface area contributed by atoms with Gasteiger partial charge < -0.3 is 14.6 Å². The summed E-state index contributed by atoms with van der Waals surface area (Å²) in [5.74, 6) is 1.77. The van der Waals surface area contributed by atoms with Crippen LogP contribution < -0.4 is 10.1 Å². The minimum atomic E-state index is 0.0583. The lowest BCUT2D eigenvalue weighted by molar-refractivity contribution is -0.121. The van der Waals surface area contributed by atoms with Gasteiger partial charge in [0.15, 0.2) is 0 Å². The molecule has 0 atom stereocenters. The van der Waals surface area contributed by atoms with Crippen LogP contribution in [-0.4, -0.2) is 22.1 Å². The van der Waals surface area contributed by atoms with Crippen LogP contribution in [0, 0.1) is 13.8 Å². The van der Waals surface area contributed by atoms with Gasteiger partial charge in [0.25, 0.3) is 0 Å². The second kappa shape index (κ2) is 9.79. The van der Waals surface area contributed by atoms with Crippen LogP contribution in [0.3, 0.4) is 0 Å². The van der Waals surface area contributed by atoms with Gasteiger partial charge in [-0.3, -0.25) is 4.79 Å². The molecule has 154 valence electrons. The van der Waals surface area contributed by atoms with Crippen molar-refractivity contribution in [3.63, 3.8) is 0 Å². The van der Waals surface area contributed by atoms with Crippen LogP contribution in [0.5, 0.6) is 5.75 Å². The molecule has 29 heavy (non-hydrogen) atoms. The molecule has 0 aliphatic rings. The predicted molar refractivity (Wildman–Crippen MR) is 118 cm³/mol. The van der Waals surface area contributed by atoms with Gasteiger partial charge in [-0.1, -0.05) is 30.7 Å². The number of imidazole rings is 1. The van der Waals surface area contributed by atoms with Crippen LogP contribution >= 0.6 is 11.6 Å². The maximum atomic E-state index is 11.9. The topological polar surface area (TPSA) is 56.2 Å². The number of ether oxygens (including phenoxy) is 1. The minimum absolute atomic E-state index is 0.0583. The number of aromatic nitrogens is 2. The lowest BCUT2D eigenvalue weighted by Crippen LogP contribution is -2.24. The van der Waals surface area contributed by atoms with E-state index < -0.39 is 0 Å². The van der Waals surface area contributed by atoms with Crippen LogP contribution in [0.15, 0.2) is 36.4 Å². The average Bonchev–Trinajstić information content (AvgIpc) is 3.05. The Hall–Kier alpha value is -2.53. The van der Waals surface area contributed by atoms with Gasteiger partial charge in [0.05, 0.1) is 24.2 Å². The molecule has 0 saturated heterocycles. The molecule has 1 aromatic heterocycles. The number of carbonyl (C=O) groups is 1. The summed E-state index contributed by atoms with van der Waals surface area (Å²) in [7, 11) is 0. The van der Waals surface area contributed by atoms with Crippen molar-refractivity contribution in [3.8, 4) is 5.75 Å². The molecule has 3 rings (SSSR count). The number of benzene rings is 2. The van der Waals surface area contributed by atoms with Crippen molar-refractivity contribution in [1.29, 1.82) is 0 Å². The summed E-state index contributed by atoms with van der Waals surface area (Å²) in [6.07, 6.45) is 2.20. The molecule has 0 aliphatic heterocycles. The lowest BCUT2D eigenvalue weighted by atomic mass is 10.1. The molecular weight excluding hydrogens is 386 g/mol. The van der Waals surface area contributed by atoms with E-state index in [4.69, 9.17) is 21.3 Å². The lowest BCUT2D eigenvalue weighted by Gasteiger charge is -2.12. The summed E-state index contributed by atoms with van der Waals surface area (Å²) >= 11 is 6.23. The third kappa shape index (κ3) is 5.30. The van der Waals surface area contributed by atoms with Crippen molar-refractivity contribution in [2.24, 2.45) is 0 Å². The Labute approximate surface area is 177 Å². The summed E-state index contributed by atoms with van der Waals surface area (Å²) in [5, 5.41) is 3.76. The summed E-state index contributed by atoms with van der Waals surface area (Å²) in [6, 6.07) is 12.0. The van der Waals surface area contributed by atoms with Crippen LogP contribution in [0.25, 0.3) is 11.0 Å². The molecule has 5 nitrogen and oxygen atoms in total. The van der Waals surface area contributed by atoms with Crippen molar-refractivity contribution >= 4 is 28.5 Å². The number of hydrogen-bond acceptors (Lipinski definition) is 3. The summed E-state index contributed by atoms with van der Waals surface area (Å²) < 4.78 is 8.11. The van der Waals surface area contributed by atoms with E-state index in [9.17, 15) is 4.79 Å². The zero-order chi connectivity index (χ0) is 20.8. The number of nitrogens with one attached hydrogen (secondary N) is 1. The fourth-order valence-corrected chi connectivity index (χ4v) is 3.51. The number of rotatable bonds is 9. The van der Waals surface area contributed by atoms with Crippen LogP contribution in [0.1, 0.15) is 43.1 Å². The van der Waals surface area contributed by atoms with Gasteiger partial charge in [-0.15, -0.1) is 0 Å². The Bertz CT molecular complexity index is 974. The van der Waals surface area contributed by atoms with Gasteiger partial charge in [-0.05, 0) is 62.1 Å². The van der Waals surface area contributed by atoms with Crippen molar-refractivity contribution < 1.29 is 9.53 Å². The number of aryl methyl sites for hydroxylation is 3. The van der Waals surface area contributed by atoms with Gasteiger partial charge in [0.2, 0.25) is 5.91 Å². The molecule has 0 spiro atoms. The fourth-order valence-electron chi connectivity index (χ4n) is 3.41. The van der Waals surface area contributed by atoms with E-state index in [0.29, 0.717) is 19.6 Å². The Morgan fingerprint density at radius 2 is 1.93 bits per heavy atom. The zero-order valence-electron chi connectivity index (χ0n) is 17.3. The fraction of sp³-hybridized carbons (Fsp3) is 0.391. The van der Waals surface area contributed by atoms with Crippen LogP contribution in [-0.2, 0) is 17.9 Å². The van der Waals surface area contributed by atoms with Gasteiger partial charge in [-0.2, -0.15) is 0 Å². The summed E-state index contributed by atoms with van der Waals surface area (Å²) in [4.78, 5) is 16.6. The van der Waals surface area contributed by atoms with E-state index in [1.807, 2.05) is 51.1 Å². The number of para-hydroxylation sites is 2. The molecule has 6 heteroatoms. The first kappa shape index (κ1) is 21.2. The Balaban J connectivity index is 1.65. The normalized spacial score (nSPS) is 11.0. The monoisotopic (exact) mass is 413 g/mol. The summed E-state index contributed by atoms with van der Waals surface area (Å²) in [6.45, 7) is 7.76. The highest BCUT2D eigenvalue weighted by Gasteiger charge is 2.11. The molecule has 0 aliphatic carbocycles. The van der Waals surface area contributed by atoms with Gasteiger partial charge in [0, 0.05) is 18.0 Å². The first-order valence-electron chi connectivity index (χ1n) is 10.1. The predicted octanol–water partition coefficient (Wildman–Crippen LogP) is 5.19. The number of halogens is 1. The van der Waals surface area contributed by atoms with Gasteiger partial charge >= 0.3 is 0 Å². The number of nitrogens with zero attached hydrogens (tertiary/aromatic N) is 2. The minimum Gasteiger partial charge on any atom is -0.494 e. The second-order valence-corrected chi connectivity index (χ2v) is 7.65. The van der Waals surface area contributed by atoms with Crippen molar-refractivity contribution in [2.45, 2.75) is 53.1 Å². The number of carbonyl (C=O) groups excluding carboxylic acids is 1. The van der Waals surface area contributed by atoms with Gasteiger partial charge in [-0.25, -0.2) is 4.98 Å². The molecule has 1 N–H and O–H groups in total. The molecule has 0 fully saturated rings. The van der Waals surface area contributed by atoms with E-state index in [1.165, 1.54) is 0 Å². The molecule has 1 heterocycles. The first-order valence-corrected chi connectivity index (χ1v) is 10.5. The molecule has 1 amide bonds. The average molecular weight is 414 g/mol. The smallest absolute Gasteiger partial charge is 0.220 e. The van der Waals surface area contributed by atoms with E-state index in [-0.39, 0.29) is 5.91 Å². The van der Waals surface area contributed by atoms with E-state index in [2.05, 4.69) is 16.0 Å². The van der Waals surface area contributed by atoms with Crippen molar-refractivity contribution in [3.05, 3.63) is 58.4 Å². The Kier molecular flexibility index (Phi) is 7.15. The maximum Gasteiger partial charge on any atom is 0.220 e. The van der Waals surface area contributed by atoms with Crippen LogP contribution in [0.2, 0.25) is 5.02 Å². The third-order valence-electron chi connectivity index (χ3n) is 4.86. The molecule has 0 unspecified atom stereocenters. The highest BCUT2D eigenvalue weighted by atomic mass is 35.5. The highest BCUT2D eigenvalue weighted by Crippen LogP contribution is 2.26. The van der Waals surface area contributed by atoms with Gasteiger partial charge in [0.1, 0.15) is 11.6 Å². The van der Waals surface area contributed by atoms with Crippen molar-refractivity contribution in [1.82, 2.24) is 14.9 Å². The highest BCUT2D eigenvalue weighted by molar-refractivity contribution is 6.32. The Morgan fingerprint density at radius 1 is 1.21 bits per heavy atom. The molecule has 0 bridgehead atoms. The van der Waals surface area contributed by atoms with Crippen molar-refractivity contribution in [2.75, 3.05) is 6.61 Å². The van der Waals surface area contributed by atoms with E-state index in [1.54, 1.807) is 0 Å². The number of hydrogen-bond donors (Lipinski definition) is 1. The summed E-state index contributed by atoms with van der Waals surface area (Å²) in [5.41, 5.74) is 4.06. The first-order chi connectivity index (χ1) is 14.0. The van der Waals surface area contributed by atoms with E-state index >= 15 is 0 Å². The molecular formula is C23H28ClN3O2. The molecule has 0 saturated carbocycles. The second-order valence-electron chi connectivity index (χ2n) is 7.27. The number of fused-ring (bicyclic) bond motifs is 1. The largest absolute Gasteiger partial charge is 0.494 e. The standard InChI is InChI=1S/C23H28ClN3O2/c1-4-8-22(28)25-15-21-26-19-9-5-6-10-20(19)27(21)11-7-12-29-18-13-16(2)23(24)17(3)14-18/h5-6,9-10,13-14H,4,7-8,11-12,15H2,1-3H3,(H,25,28).